The second kappa shape index (κ2) is 6.74. The van der Waals surface area contributed by atoms with Gasteiger partial charge in [-0.25, -0.2) is 0 Å². The summed E-state index contributed by atoms with van der Waals surface area (Å²) in [5.74, 6) is 1.08. The minimum absolute atomic E-state index is 0.155. The van der Waals surface area contributed by atoms with E-state index in [2.05, 4.69) is 5.32 Å². The lowest BCUT2D eigenvalue weighted by molar-refractivity contribution is 0.0951. The number of hydrogen-bond donors (Lipinski definition) is 3. The molecule has 124 valence electrons. The van der Waals surface area contributed by atoms with Gasteiger partial charge in [0.25, 0.3) is 5.91 Å². The molecule has 0 unspecified atom stereocenters. The van der Waals surface area contributed by atoms with Gasteiger partial charge >= 0.3 is 0 Å². The fourth-order valence-electron chi connectivity index (χ4n) is 2.86. The summed E-state index contributed by atoms with van der Waals surface area (Å²) in [4.78, 5) is 12.4. The molecule has 0 saturated heterocycles. The van der Waals surface area contributed by atoms with Gasteiger partial charge in [0, 0.05) is 29.6 Å². The number of hydrogen-bond acceptors (Lipinski definition) is 4. The highest BCUT2D eigenvalue weighted by molar-refractivity contribution is 5.94. The van der Waals surface area contributed by atoms with Gasteiger partial charge in [0.05, 0.1) is 7.11 Å². The van der Waals surface area contributed by atoms with Crippen molar-refractivity contribution in [3.05, 3.63) is 58.7 Å². The highest BCUT2D eigenvalue weighted by atomic mass is 16.5. The Hall–Kier alpha value is -2.82. The van der Waals surface area contributed by atoms with Gasteiger partial charge in [-0.3, -0.25) is 4.79 Å². The number of benzene rings is 2. The minimum Gasteiger partial charge on any atom is -0.497 e. The number of rotatable bonds is 6. The first-order valence-electron chi connectivity index (χ1n) is 7.98. The number of amides is 1. The zero-order valence-electron chi connectivity index (χ0n) is 13.6. The molecule has 4 N–H and O–H groups in total. The van der Waals surface area contributed by atoms with Crippen LogP contribution in [0.25, 0.3) is 0 Å². The van der Waals surface area contributed by atoms with Gasteiger partial charge < -0.3 is 21.2 Å². The quantitative estimate of drug-likeness (QED) is 0.564. The number of carbonyl (C=O) groups excluding carboxylic acids is 1. The maximum atomic E-state index is 12.4. The van der Waals surface area contributed by atoms with E-state index in [1.807, 2.05) is 12.1 Å². The lowest BCUT2D eigenvalue weighted by Crippen LogP contribution is -2.24. The zero-order chi connectivity index (χ0) is 17.1. The van der Waals surface area contributed by atoms with E-state index in [1.54, 1.807) is 31.4 Å². The summed E-state index contributed by atoms with van der Waals surface area (Å²) < 4.78 is 5.10. The van der Waals surface area contributed by atoms with E-state index >= 15 is 0 Å². The molecule has 0 radical (unpaired) electrons. The summed E-state index contributed by atoms with van der Waals surface area (Å²) in [6.07, 6.45) is 3.58. The maximum absolute atomic E-state index is 12.4. The Morgan fingerprint density at radius 1 is 1.29 bits per heavy atom. The van der Waals surface area contributed by atoms with E-state index in [-0.39, 0.29) is 5.91 Å². The van der Waals surface area contributed by atoms with Gasteiger partial charge in [-0.05, 0) is 60.2 Å². The average molecular weight is 323 g/mol. The summed E-state index contributed by atoms with van der Waals surface area (Å²) in [5, 5.41) is 10.6. The molecule has 2 aromatic carbocycles. The standard InChI is InChI=1S/C19H21N3O2/c1-24-14-6-4-13(5-7-14)19(23)22-11-17-15(12-2-3-12)8-9-18(21)16(17)10-20/h4-10,12,20H,2-3,11,21H2,1H3,(H,22,23). The van der Waals surface area contributed by atoms with Crippen molar-refractivity contribution in [3.63, 3.8) is 0 Å². The first kappa shape index (κ1) is 16.1. The van der Waals surface area contributed by atoms with E-state index in [1.165, 1.54) is 11.8 Å². The largest absolute Gasteiger partial charge is 0.497 e. The summed E-state index contributed by atoms with van der Waals surface area (Å²) in [5.41, 5.74) is 9.99. The Balaban J connectivity index is 1.79. The van der Waals surface area contributed by atoms with E-state index in [0.717, 1.165) is 18.4 Å². The Bertz CT molecular complexity index is 765. The van der Waals surface area contributed by atoms with Gasteiger partial charge in [-0.15, -0.1) is 0 Å². The van der Waals surface area contributed by atoms with Gasteiger partial charge in [-0.1, -0.05) is 6.07 Å². The van der Waals surface area contributed by atoms with Gasteiger partial charge in [0.15, 0.2) is 0 Å². The van der Waals surface area contributed by atoms with Crippen LogP contribution in [0.15, 0.2) is 36.4 Å². The smallest absolute Gasteiger partial charge is 0.251 e. The molecule has 0 aliphatic heterocycles. The van der Waals surface area contributed by atoms with Crippen molar-refractivity contribution in [2.45, 2.75) is 25.3 Å². The zero-order valence-corrected chi connectivity index (χ0v) is 13.6. The Labute approximate surface area is 141 Å². The molecule has 1 aliphatic rings. The summed E-state index contributed by atoms with van der Waals surface area (Å²) in [6.45, 7) is 0.368. The van der Waals surface area contributed by atoms with Crippen LogP contribution in [0.5, 0.6) is 5.75 Å². The number of nitrogens with one attached hydrogen (secondary N) is 2. The van der Waals surface area contributed by atoms with Crippen LogP contribution in [-0.2, 0) is 6.54 Å². The van der Waals surface area contributed by atoms with E-state index in [9.17, 15) is 4.79 Å². The molecule has 1 amide bonds. The van der Waals surface area contributed by atoms with Crippen molar-refractivity contribution in [2.24, 2.45) is 0 Å². The average Bonchev–Trinajstić information content (AvgIpc) is 3.44. The number of ether oxygens (including phenoxy) is 1. The Morgan fingerprint density at radius 2 is 2.00 bits per heavy atom. The third-order valence-corrected chi connectivity index (χ3v) is 4.37. The Kier molecular flexibility index (Phi) is 4.51. The van der Waals surface area contributed by atoms with Crippen LogP contribution in [0.1, 0.15) is 45.8 Å². The van der Waals surface area contributed by atoms with Crippen molar-refractivity contribution in [1.82, 2.24) is 5.32 Å². The molecule has 0 spiro atoms. The Morgan fingerprint density at radius 3 is 2.58 bits per heavy atom. The molecule has 1 aliphatic carbocycles. The molecule has 2 aromatic rings. The molecule has 0 bridgehead atoms. The molecule has 24 heavy (non-hydrogen) atoms. The van der Waals surface area contributed by atoms with Crippen LogP contribution in [0, 0.1) is 5.41 Å². The normalized spacial score (nSPS) is 13.4. The third-order valence-electron chi connectivity index (χ3n) is 4.37. The second-order valence-electron chi connectivity index (χ2n) is 5.97. The molecule has 5 heteroatoms. The van der Waals surface area contributed by atoms with Crippen LogP contribution in [0.2, 0.25) is 0 Å². The molecule has 0 heterocycles. The number of methoxy groups -OCH3 is 1. The predicted molar refractivity (Wildman–Crippen MR) is 94.9 cm³/mol. The number of nitrogen functional groups attached to an aromatic ring is 1. The molecular weight excluding hydrogens is 302 g/mol. The molecule has 5 nitrogen and oxygen atoms in total. The SMILES string of the molecule is COc1ccc(C(=O)NCc2c(C3CC3)ccc(N)c2C=N)cc1. The predicted octanol–water partition coefficient (Wildman–Crippen LogP) is 3.08. The summed E-state index contributed by atoms with van der Waals surface area (Å²) >= 11 is 0. The fraction of sp³-hybridized carbons (Fsp3) is 0.263. The van der Waals surface area contributed by atoms with Gasteiger partial charge in [-0.2, -0.15) is 0 Å². The van der Waals surface area contributed by atoms with Gasteiger partial charge in [0.1, 0.15) is 5.75 Å². The molecule has 1 saturated carbocycles. The van der Waals surface area contributed by atoms with Crippen molar-refractivity contribution in [3.8, 4) is 5.75 Å². The molecule has 0 atom stereocenters. The monoisotopic (exact) mass is 323 g/mol. The van der Waals surface area contributed by atoms with Crippen LogP contribution in [0.4, 0.5) is 5.69 Å². The van der Waals surface area contributed by atoms with Gasteiger partial charge in [0.2, 0.25) is 0 Å². The highest BCUT2D eigenvalue weighted by Gasteiger charge is 2.27. The molecule has 1 fully saturated rings. The number of anilines is 1. The van der Waals surface area contributed by atoms with Crippen LogP contribution in [-0.4, -0.2) is 19.2 Å². The summed E-state index contributed by atoms with van der Waals surface area (Å²) in [6, 6.07) is 10.8. The first-order chi connectivity index (χ1) is 11.6. The lowest BCUT2D eigenvalue weighted by Gasteiger charge is -2.15. The van der Waals surface area contributed by atoms with Crippen molar-refractivity contribution >= 4 is 17.8 Å². The van der Waals surface area contributed by atoms with Crippen LogP contribution in [0.3, 0.4) is 0 Å². The van der Waals surface area contributed by atoms with E-state index < -0.39 is 0 Å². The molecule has 3 rings (SSSR count). The second-order valence-corrected chi connectivity index (χ2v) is 5.97. The van der Waals surface area contributed by atoms with Crippen molar-refractivity contribution in [2.75, 3.05) is 12.8 Å². The number of carbonyl (C=O) groups is 1. The van der Waals surface area contributed by atoms with E-state index in [4.69, 9.17) is 15.9 Å². The molecular formula is C19H21N3O2. The van der Waals surface area contributed by atoms with E-state index in [0.29, 0.717) is 35.0 Å². The fourth-order valence-corrected chi connectivity index (χ4v) is 2.86. The maximum Gasteiger partial charge on any atom is 0.251 e. The molecule has 0 aromatic heterocycles. The number of nitrogens with two attached hydrogens (primary N) is 1. The van der Waals surface area contributed by atoms with Crippen molar-refractivity contribution < 1.29 is 9.53 Å². The highest BCUT2D eigenvalue weighted by Crippen LogP contribution is 2.43. The van der Waals surface area contributed by atoms with Crippen LogP contribution >= 0.6 is 0 Å². The van der Waals surface area contributed by atoms with Crippen molar-refractivity contribution in [1.29, 1.82) is 5.41 Å². The summed E-state index contributed by atoms with van der Waals surface area (Å²) in [7, 11) is 1.59. The first-order valence-corrected chi connectivity index (χ1v) is 7.98. The van der Waals surface area contributed by atoms with Crippen LogP contribution < -0.4 is 15.8 Å². The lowest BCUT2D eigenvalue weighted by atomic mass is 9.96. The minimum atomic E-state index is -0.155. The third kappa shape index (κ3) is 3.25. The topological polar surface area (TPSA) is 88.2 Å².